The van der Waals surface area contributed by atoms with Gasteiger partial charge in [0, 0.05) is 16.7 Å². The Kier molecular flexibility index (Phi) is 2.95. The van der Waals surface area contributed by atoms with Crippen molar-refractivity contribution in [3.05, 3.63) is 35.2 Å². The molecule has 2 unspecified atom stereocenters. The Labute approximate surface area is 113 Å². The van der Waals surface area contributed by atoms with Crippen LogP contribution in [-0.4, -0.2) is 6.04 Å². The van der Waals surface area contributed by atoms with Crippen molar-refractivity contribution in [3.8, 4) is 0 Å². The lowest BCUT2D eigenvalue weighted by Crippen LogP contribution is -2.37. The number of fused-ring (bicyclic) bond motifs is 1. The average molecular weight is 259 g/mol. The molecule has 2 N–H and O–H groups in total. The number of hydrogen-bond donors (Lipinski definition) is 1. The van der Waals surface area contributed by atoms with Crippen LogP contribution < -0.4 is 5.73 Å². The minimum atomic E-state index is 0.325. The molecular formula is C16H21NS. The minimum Gasteiger partial charge on any atom is -0.327 e. The lowest BCUT2D eigenvalue weighted by atomic mass is 9.68. The van der Waals surface area contributed by atoms with Crippen molar-refractivity contribution in [2.75, 3.05) is 0 Å². The van der Waals surface area contributed by atoms with E-state index in [9.17, 15) is 0 Å². The molecule has 1 aromatic carbocycles. The molecule has 0 aliphatic heterocycles. The second-order valence-electron chi connectivity index (χ2n) is 6.36. The van der Waals surface area contributed by atoms with E-state index in [0.717, 1.165) is 6.42 Å². The third kappa shape index (κ3) is 2.08. The van der Waals surface area contributed by atoms with Crippen LogP contribution in [0.25, 0.3) is 10.1 Å². The zero-order chi connectivity index (χ0) is 12.8. The van der Waals surface area contributed by atoms with E-state index in [1.807, 2.05) is 11.3 Å². The SMILES string of the molecule is CC1(C)CCC(N)C(c2cccc3ccsc23)C1. The van der Waals surface area contributed by atoms with Gasteiger partial charge in [0.1, 0.15) is 0 Å². The van der Waals surface area contributed by atoms with Crippen molar-refractivity contribution in [1.82, 2.24) is 0 Å². The molecule has 1 nitrogen and oxygen atoms in total. The van der Waals surface area contributed by atoms with E-state index in [-0.39, 0.29) is 0 Å². The summed E-state index contributed by atoms with van der Waals surface area (Å²) in [6.07, 6.45) is 3.62. The molecule has 2 aromatic rings. The highest BCUT2D eigenvalue weighted by molar-refractivity contribution is 7.17. The van der Waals surface area contributed by atoms with Gasteiger partial charge in [0.05, 0.1) is 0 Å². The first-order valence-corrected chi connectivity index (χ1v) is 7.66. The number of nitrogens with two attached hydrogens (primary N) is 1. The Morgan fingerprint density at radius 1 is 1.28 bits per heavy atom. The molecule has 0 radical (unpaired) electrons. The van der Waals surface area contributed by atoms with Crippen molar-refractivity contribution in [2.45, 2.75) is 45.1 Å². The second-order valence-corrected chi connectivity index (χ2v) is 7.28. The van der Waals surface area contributed by atoms with E-state index in [1.54, 1.807) is 0 Å². The standard InChI is InChI=1S/C16H21NS/c1-16(2)8-6-14(17)13(10-16)12-5-3-4-11-7-9-18-15(11)12/h3-5,7,9,13-14H,6,8,10,17H2,1-2H3. The Balaban J connectivity index is 2.05. The van der Waals surface area contributed by atoms with Crippen molar-refractivity contribution in [3.63, 3.8) is 0 Å². The molecule has 1 heterocycles. The first-order chi connectivity index (χ1) is 8.57. The Hall–Kier alpha value is -0.860. The van der Waals surface area contributed by atoms with E-state index in [0.29, 0.717) is 17.4 Å². The Morgan fingerprint density at radius 3 is 2.94 bits per heavy atom. The molecule has 96 valence electrons. The number of hydrogen-bond acceptors (Lipinski definition) is 2. The fourth-order valence-electron chi connectivity index (χ4n) is 3.26. The maximum Gasteiger partial charge on any atom is 0.0378 e. The van der Waals surface area contributed by atoms with Crippen molar-refractivity contribution in [1.29, 1.82) is 0 Å². The summed E-state index contributed by atoms with van der Waals surface area (Å²) in [5, 5.41) is 3.56. The van der Waals surface area contributed by atoms with E-state index in [2.05, 4.69) is 43.5 Å². The molecule has 3 rings (SSSR count). The normalized spacial score (nSPS) is 27.5. The third-order valence-corrected chi connectivity index (χ3v) is 5.33. The van der Waals surface area contributed by atoms with Crippen molar-refractivity contribution < 1.29 is 0 Å². The third-order valence-electron chi connectivity index (χ3n) is 4.35. The monoisotopic (exact) mass is 259 g/mol. The van der Waals surface area contributed by atoms with Gasteiger partial charge >= 0.3 is 0 Å². The molecule has 0 spiro atoms. The Morgan fingerprint density at radius 2 is 2.11 bits per heavy atom. The lowest BCUT2D eigenvalue weighted by Gasteiger charge is -2.39. The highest BCUT2D eigenvalue weighted by Gasteiger charge is 2.34. The summed E-state index contributed by atoms with van der Waals surface area (Å²) in [5.41, 5.74) is 8.30. The van der Waals surface area contributed by atoms with Gasteiger partial charge in [-0.3, -0.25) is 0 Å². The molecule has 18 heavy (non-hydrogen) atoms. The van der Waals surface area contributed by atoms with Gasteiger partial charge in [-0.05, 0) is 47.1 Å². The molecule has 0 bridgehead atoms. The van der Waals surface area contributed by atoms with Gasteiger partial charge in [-0.25, -0.2) is 0 Å². The van der Waals surface area contributed by atoms with E-state index in [4.69, 9.17) is 5.73 Å². The van der Waals surface area contributed by atoms with Gasteiger partial charge in [0.15, 0.2) is 0 Å². The van der Waals surface area contributed by atoms with Crippen LogP contribution in [0, 0.1) is 5.41 Å². The maximum atomic E-state index is 6.40. The highest BCUT2D eigenvalue weighted by Crippen LogP contribution is 2.45. The first-order valence-electron chi connectivity index (χ1n) is 6.78. The molecule has 1 aliphatic rings. The molecule has 0 saturated heterocycles. The summed E-state index contributed by atoms with van der Waals surface area (Å²) in [6.45, 7) is 4.75. The predicted molar refractivity (Wildman–Crippen MR) is 80.2 cm³/mol. The molecule has 1 fully saturated rings. The van der Waals surface area contributed by atoms with Gasteiger partial charge in [-0.15, -0.1) is 11.3 Å². The molecular weight excluding hydrogens is 238 g/mol. The zero-order valence-electron chi connectivity index (χ0n) is 11.1. The summed E-state index contributed by atoms with van der Waals surface area (Å²) in [5.74, 6) is 0.524. The van der Waals surface area contributed by atoms with Crippen LogP contribution in [-0.2, 0) is 0 Å². The fourth-order valence-corrected chi connectivity index (χ4v) is 4.23. The van der Waals surface area contributed by atoms with Crippen LogP contribution in [0.2, 0.25) is 0 Å². The van der Waals surface area contributed by atoms with Crippen LogP contribution in [0.15, 0.2) is 29.6 Å². The first kappa shape index (κ1) is 12.2. The van der Waals surface area contributed by atoms with E-state index >= 15 is 0 Å². The average Bonchev–Trinajstić information content (AvgIpc) is 2.80. The van der Waals surface area contributed by atoms with E-state index < -0.39 is 0 Å². The molecule has 0 amide bonds. The van der Waals surface area contributed by atoms with Gasteiger partial charge < -0.3 is 5.73 Å². The highest BCUT2D eigenvalue weighted by atomic mass is 32.1. The molecule has 2 atom stereocenters. The van der Waals surface area contributed by atoms with Crippen LogP contribution >= 0.6 is 11.3 Å². The van der Waals surface area contributed by atoms with Crippen LogP contribution in [0.1, 0.15) is 44.6 Å². The molecule has 1 saturated carbocycles. The zero-order valence-corrected chi connectivity index (χ0v) is 12.0. The summed E-state index contributed by atoms with van der Waals surface area (Å²) in [7, 11) is 0. The molecule has 2 heteroatoms. The van der Waals surface area contributed by atoms with Gasteiger partial charge in [0.25, 0.3) is 0 Å². The van der Waals surface area contributed by atoms with Gasteiger partial charge in [0.2, 0.25) is 0 Å². The topological polar surface area (TPSA) is 26.0 Å². The number of benzene rings is 1. The van der Waals surface area contributed by atoms with Crippen LogP contribution in [0.3, 0.4) is 0 Å². The largest absolute Gasteiger partial charge is 0.327 e. The summed E-state index contributed by atoms with van der Waals surface area (Å²) >= 11 is 1.85. The molecule has 1 aromatic heterocycles. The fraction of sp³-hybridized carbons (Fsp3) is 0.500. The van der Waals surface area contributed by atoms with Crippen LogP contribution in [0.4, 0.5) is 0 Å². The minimum absolute atomic E-state index is 0.325. The summed E-state index contributed by atoms with van der Waals surface area (Å²) in [4.78, 5) is 0. The van der Waals surface area contributed by atoms with Crippen LogP contribution in [0.5, 0.6) is 0 Å². The lowest BCUT2D eigenvalue weighted by molar-refractivity contribution is 0.199. The molecule has 1 aliphatic carbocycles. The van der Waals surface area contributed by atoms with Gasteiger partial charge in [-0.2, -0.15) is 0 Å². The maximum absolute atomic E-state index is 6.40. The summed E-state index contributed by atoms with van der Waals surface area (Å²) < 4.78 is 1.44. The quantitative estimate of drug-likeness (QED) is 0.800. The summed E-state index contributed by atoms with van der Waals surface area (Å²) in [6, 6.07) is 9.20. The number of thiophene rings is 1. The smallest absolute Gasteiger partial charge is 0.0378 e. The van der Waals surface area contributed by atoms with E-state index in [1.165, 1.54) is 28.5 Å². The van der Waals surface area contributed by atoms with Gasteiger partial charge in [-0.1, -0.05) is 32.0 Å². The number of rotatable bonds is 1. The Bertz CT molecular complexity index is 555. The predicted octanol–water partition coefficient (Wildman–Crippen LogP) is 4.52. The van der Waals surface area contributed by atoms with Crippen molar-refractivity contribution in [2.24, 2.45) is 11.1 Å². The van der Waals surface area contributed by atoms with Crippen molar-refractivity contribution >= 4 is 21.4 Å². The second kappa shape index (κ2) is 4.36.